The van der Waals surface area contributed by atoms with E-state index < -0.39 is 0 Å². The first kappa shape index (κ1) is 11.3. The molecule has 0 aliphatic rings. The first-order chi connectivity index (χ1) is 3.31. The molecule has 0 aromatic carbocycles. The third kappa shape index (κ3) is 6.48. The van der Waals surface area contributed by atoms with Crippen LogP contribution >= 0.6 is 0 Å². The van der Waals surface area contributed by atoms with E-state index in [0.717, 1.165) is 0 Å². The molecule has 0 aromatic rings. The zero-order chi connectivity index (χ0) is 5.70. The van der Waals surface area contributed by atoms with Gasteiger partial charge < -0.3 is 14.8 Å². The van der Waals surface area contributed by atoms with Gasteiger partial charge in [-0.15, -0.1) is 0 Å². The molecule has 46 valence electrons. The van der Waals surface area contributed by atoms with Gasteiger partial charge in [-0.1, -0.05) is 0 Å². The smallest absolute Gasteiger partial charge is 0.0581 e. The van der Waals surface area contributed by atoms with Crippen molar-refractivity contribution in [3.63, 3.8) is 0 Å². The summed E-state index contributed by atoms with van der Waals surface area (Å²) >= 11 is 0. The van der Waals surface area contributed by atoms with E-state index in [2.05, 4.69) is 0 Å². The summed E-state index contributed by atoms with van der Waals surface area (Å²) in [5.41, 5.74) is 0. The molecule has 0 fully saturated rings. The largest absolute Gasteiger partial charge is 0.520 e. The van der Waals surface area contributed by atoms with E-state index in [0.29, 0.717) is 6.54 Å². The van der Waals surface area contributed by atoms with Gasteiger partial charge in [-0.3, -0.25) is 0 Å². The quantitative estimate of drug-likeness (QED) is 0.528. The van der Waals surface area contributed by atoms with Crippen molar-refractivity contribution in [1.29, 1.82) is 0 Å². The molecule has 0 radical (unpaired) electrons. The molecule has 0 aromatic heterocycles. The molecule has 3 nitrogen and oxygen atoms in total. The Bertz CT molecular complexity index is 60.0. The van der Waals surface area contributed by atoms with E-state index in [-0.39, 0.29) is 37.7 Å². The number of rotatable bonds is 3. The Hall–Kier alpha value is 0.482. The predicted octanol–water partition coefficient (Wildman–Crippen LogP) is -1.02. The van der Waals surface area contributed by atoms with Gasteiger partial charge >= 0.3 is 0 Å². The first-order valence-corrected chi connectivity index (χ1v) is 2.01. The standard InChI is InChI=1S/C4H8NO2.U/c1-5(4-7)2-3-6;/h6H,2-3H2,1H3;/q-1;. The fraction of sp³-hybridized carbons (Fsp3) is 0.750. The molecule has 0 heterocycles. The van der Waals surface area contributed by atoms with Gasteiger partial charge in [-0.25, -0.2) is 0 Å². The topological polar surface area (TPSA) is 40.5 Å². The van der Waals surface area contributed by atoms with Crippen molar-refractivity contribution in [2.75, 3.05) is 20.2 Å². The normalized spacial score (nSPS) is 7.25. The Morgan fingerprint density at radius 2 is 2.25 bits per heavy atom. The molecule has 0 saturated heterocycles. The molecular formula is C4H8NO2U-. The van der Waals surface area contributed by atoms with Gasteiger partial charge in [0.2, 0.25) is 0 Å². The molecule has 4 heteroatoms. The third-order valence-corrected chi connectivity index (χ3v) is 0.591. The maximum absolute atomic E-state index is 9.58. The van der Waals surface area contributed by atoms with Crippen LogP contribution in [0.4, 0.5) is 0 Å². The molecule has 0 atom stereocenters. The Kier molecular flexibility index (Phi) is 10.6. The molecule has 0 rings (SSSR count). The van der Waals surface area contributed by atoms with Gasteiger partial charge in [0.1, 0.15) is 0 Å². The van der Waals surface area contributed by atoms with Crippen LogP contribution in [0.1, 0.15) is 0 Å². The van der Waals surface area contributed by atoms with Crippen LogP contribution in [0.5, 0.6) is 0 Å². The summed E-state index contributed by atoms with van der Waals surface area (Å²) in [4.78, 5) is 10.8. The number of hydrogen-bond donors (Lipinski definition) is 1. The van der Waals surface area contributed by atoms with E-state index in [1.165, 1.54) is 4.90 Å². The predicted molar refractivity (Wildman–Crippen MR) is 25.4 cm³/mol. The number of likely N-dealkylation sites (N-methyl/N-ethyl adjacent to an activating group) is 1. The van der Waals surface area contributed by atoms with Crippen LogP contribution in [-0.4, -0.2) is 36.6 Å². The molecule has 0 unspecified atom stereocenters. The SMILES string of the molecule is CN([C-]=O)CCO.[U]. The Balaban J connectivity index is 0. The summed E-state index contributed by atoms with van der Waals surface area (Å²) in [6.07, 6.45) is 1.59. The maximum atomic E-state index is 9.58. The second-order valence-corrected chi connectivity index (χ2v) is 1.24. The average Bonchev–Trinajstić information content (AvgIpc) is 1.68. The molecule has 0 bridgehead atoms. The van der Waals surface area contributed by atoms with E-state index in [1.807, 2.05) is 0 Å². The minimum absolute atomic E-state index is 0. The number of amides is 1. The zero-order valence-electron chi connectivity index (χ0n) is 4.72. The van der Waals surface area contributed by atoms with Gasteiger partial charge in [0.25, 0.3) is 0 Å². The minimum atomic E-state index is 0. The van der Waals surface area contributed by atoms with E-state index in [9.17, 15) is 4.79 Å². The van der Waals surface area contributed by atoms with Crippen molar-refractivity contribution < 1.29 is 41.0 Å². The monoisotopic (exact) mass is 340 g/mol. The van der Waals surface area contributed by atoms with E-state index in [1.54, 1.807) is 13.5 Å². The fourth-order valence-electron chi connectivity index (χ4n) is 0.196. The van der Waals surface area contributed by atoms with Crippen LogP contribution < -0.4 is 0 Å². The van der Waals surface area contributed by atoms with Crippen LogP contribution in [0.3, 0.4) is 0 Å². The van der Waals surface area contributed by atoms with Crippen molar-refractivity contribution in [3.8, 4) is 0 Å². The van der Waals surface area contributed by atoms with E-state index >= 15 is 0 Å². The van der Waals surface area contributed by atoms with Crippen LogP contribution in [0, 0.1) is 31.1 Å². The summed E-state index contributed by atoms with van der Waals surface area (Å²) in [7, 11) is 1.56. The van der Waals surface area contributed by atoms with Crippen molar-refractivity contribution in [3.05, 3.63) is 0 Å². The van der Waals surface area contributed by atoms with Crippen molar-refractivity contribution in [1.82, 2.24) is 4.90 Å². The van der Waals surface area contributed by atoms with Crippen LogP contribution in [-0.2, 0) is 4.79 Å². The van der Waals surface area contributed by atoms with Crippen molar-refractivity contribution >= 4 is 6.41 Å². The van der Waals surface area contributed by atoms with Crippen LogP contribution in [0.25, 0.3) is 0 Å². The van der Waals surface area contributed by atoms with Crippen molar-refractivity contribution in [2.24, 2.45) is 0 Å². The second-order valence-electron chi connectivity index (χ2n) is 1.24. The number of hydrogen-bond acceptors (Lipinski definition) is 2. The van der Waals surface area contributed by atoms with Gasteiger partial charge in [0.15, 0.2) is 0 Å². The van der Waals surface area contributed by atoms with E-state index in [4.69, 9.17) is 5.11 Å². The maximum Gasteiger partial charge on any atom is 0.0581 e. The minimum Gasteiger partial charge on any atom is -0.520 e. The summed E-state index contributed by atoms with van der Waals surface area (Å²) < 4.78 is 0. The molecule has 0 aliphatic heterocycles. The molecule has 0 spiro atoms. The number of aliphatic hydroxyl groups is 1. The van der Waals surface area contributed by atoms with Crippen LogP contribution in [0.15, 0.2) is 0 Å². The fourth-order valence-corrected chi connectivity index (χ4v) is 0.196. The van der Waals surface area contributed by atoms with Crippen molar-refractivity contribution in [2.45, 2.75) is 0 Å². The molecular weight excluding hydrogens is 332 g/mol. The molecule has 8 heavy (non-hydrogen) atoms. The Morgan fingerprint density at radius 1 is 1.75 bits per heavy atom. The molecule has 1 N–H and O–H groups in total. The summed E-state index contributed by atoms with van der Waals surface area (Å²) in [6.45, 7) is 0.370. The summed E-state index contributed by atoms with van der Waals surface area (Å²) in [5.74, 6) is 0. The number of carbonyl (C=O) groups excluding carboxylic acids is 1. The Labute approximate surface area is 72.4 Å². The average molecular weight is 340 g/mol. The molecule has 0 aliphatic carbocycles. The van der Waals surface area contributed by atoms with Gasteiger partial charge in [0.05, 0.1) is 6.61 Å². The summed E-state index contributed by atoms with van der Waals surface area (Å²) in [6, 6.07) is 0. The Morgan fingerprint density at radius 3 is 2.38 bits per heavy atom. The number of aliphatic hydroxyl groups excluding tert-OH is 1. The van der Waals surface area contributed by atoms with Gasteiger partial charge in [0, 0.05) is 37.7 Å². The first-order valence-electron chi connectivity index (χ1n) is 2.01. The summed E-state index contributed by atoms with van der Waals surface area (Å²) in [5, 5.41) is 8.15. The van der Waals surface area contributed by atoms with Gasteiger partial charge in [-0.2, -0.15) is 6.41 Å². The molecule has 0 saturated carbocycles. The zero-order valence-corrected chi connectivity index (χ0v) is 8.88. The van der Waals surface area contributed by atoms with Gasteiger partial charge in [-0.05, 0) is 7.05 Å². The second kappa shape index (κ2) is 7.48. The molecule has 1 amide bonds. The van der Waals surface area contributed by atoms with Crippen LogP contribution in [0.2, 0.25) is 0 Å². The third-order valence-electron chi connectivity index (χ3n) is 0.591. The number of nitrogens with zero attached hydrogens (tertiary/aromatic N) is 1.